The fraction of sp³-hybridized carbons (Fsp3) is 0.500. The van der Waals surface area contributed by atoms with Crippen LogP contribution in [0.5, 0.6) is 0 Å². The Balaban J connectivity index is 0.000001000. The molecule has 3 heterocycles. The molecule has 112 valence electrons. The molecular formula is C12H17Cl3N4S. The zero-order valence-corrected chi connectivity index (χ0v) is 14.3. The van der Waals surface area contributed by atoms with Gasteiger partial charge >= 0.3 is 0 Å². The van der Waals surface area contributed by atoms with E-state index in [9.17, 15) is 0 Å². The maximum atomic E-state index is 6.04. The minimum absolute atomic E-state index is 0. The fourth-order valence-corrected chi connectivity index (χ4v) is 3.40. The minimum Gasteiger partial charge on any atom is -0.353 e. The van der Waals surface area contributed by atoms with Gasteiger partial charge in [0.15, 0.2) is 0 Å². The van der Waals surface area contributed by atoms with Gasteiger partial charge in [-0.05, 0) is 24.1 Å². The van der Waals surface area contributed by atoms with Crippen LogP contribution < -0.4 is 10.2 Å². The Morgan fingerprint density at radius 2 is 2.00 bits per heavy atom. The van der Waals surface area contributed by atoms with E-state index in [1.807, 2.05) is 0 Å². The van der Waals surface area contributed by atoms with Crippen LogP contribution in [0.15, 0.2) is 6.07 Å². The molecular weight excluding hydrogens is 339 g/mol. The summed E-state index contributed by atoms with van der Waals surface area (Å²) in [6.07, 6.45) is 1.03. The van der Waals surface area contributed by atoms with Crippen molar-refractivity contribution in [3.63, 3.8) is 0 Å². The third kappa shape index (κ3) is 3.46. The molecule has 1 aliphatic heterocycles. The summed E-state index contributed by atoms with van der Waals surface area (Å²) in [5.74, 6) is 0.988. The molecule has 1 N–H and O–H groups in total. The van der Waals surface area contributed by atoms with Crippen molar-refractivity contribution >= 4 is 63.8 Å². The number of thiophene rings is 1. The van der Waals surface area contributed by atoms with Crippen molar-refractivity contribution in [2.75, 3.05) is 31.1 Å². The van der Waals surface area contributed by atoms with E-state index in [2.05, 4.69) is 33.2 Å². The molecule has 2 aromatic heterocycles. The Hall–Kier alpha value is -0.330. The van der Waals surface area contributed by atoms with Gasteiger partial charge in [-0.3, -0.25) is 0 Å². The number of aryl methyl sites for hydroxylation is 1. The summed E-state index contributed by atoms with van der Waals surface area (Å²) < 4.78 is 0. The molecule has 0 radical (unpaired) electrons. The maximum Gasteiger partial charge on any atom is 0.225 e. The lowest BCUT2D eigenvalue weighted by Gasteiger charge is -2.28. The van der Waals surface area contributed by atoms with Gasteiger partial charge in [0.25, 0.3) is 0 Å². The summed E-state index contributed by atoms with van der Waals surface area (Å²) in [6.45, 7) is 6.09. The van der Waals surface area contributed by atoms with Crippen LogP contribution in [-0.4, -0.2) is 36.1 Å². The van der Waals surface area contributed by atoms with E-state index >= 15 is 0 Å². The highest BCUT2D eigenvalue weighted by atomic mass is 35.5. The van der Waals surface area contributed by atoms with Gasteiger partial charge in [-0.1, -0.05) is 6.92 Å². The number of piperazine rings is 1. The number of nitrogens with zero attached hydrogens (tertiary/aromatic N) is 3. The number of hydrogen-bond donors (Lipinski definition) is 1. The zero-order chi connectivity index (χ0) is 12.5. The molecule has 4 nitrogen and oxygen atoms in total. The van der Waals surface area contributed by atoms with Crippen molar-refractivity contribution in [3.05, 3.63) is 16.2 Å². The van der Waals surface area contributed by atoms with E-state index in [1.165, 1.54) is 4.88 Å². The largest absolute Gasteiger partial charge is 0.353 e. The minimum atomic E-state index is 0. The van der Waals surface area contributed by atoms with Gasteiger partial charge < -0.3 is 10.2 Å². The molecule has 0 atom stereocenters. The Labute approximate surface area is 139 Å². The Morgan fingerprint density at radius 3 is 2.65 bits per heavy atom. The molecule has 0 aromatic carbocycles. The summed E-state index contributed by atoms with van der Waals surface area (Å²) in [5.41, 5.74) is 0. The van der Waals surface area contributed by atoms with Crippen LogP contribution >= 0.6 is 47.8 Å². The molecule has 1 aliphatic rings. The second-order valence-corrected chi connectivity index (χ2v) is 5.79. The summed E-state index contributed by atoms with van der Waals surface area (Å²) in [6, 6.07) is 2.20. The summed E-state index contributed by atoms with van der Waals surface area (Å²) in [7, 11) is 0. The van der Waals surface area contributed by atoms with E-state index in [4.69, 9.17) is 11.6 Å². The molecule has 20 heavy (non-hydrogen) atoms. The predicted molar refractivity (Wildman–Crippen MR) is 91.4 cm³/mol. The van der Waals surface area contributed by atoms with Crippen LogP contribution in [0.2, 0.25) is 5.28 Å². The van der Waals surface area contributed by atoms with Crippen LogP contribution in [0.1, 0.15) is 11.8 Å². The van der Waals surface area contributed by atoms with E-state index in [0.717, 1.165) is 48.6 Å². The number of hydrogen-bond acceptors (Lipinski definition) is 5. The van der Waals surface area contributed by atoms with E-state index in [-0.39, 0.29) is 24.8 Å². The van der Waals surface area contributed by atoms with Crippen molar-refractivity contribution < 1.29 is 0 Å². The van der Waals surface area contributed by atoms with Gasteiger partial charge in [-0.15, -0.1) is 36.2 Å². The lowest BCUT2D eigenvalue weighted by molar-refractivity contribution is 0.586. The molecule has 8 heteroatoms. The van der Waals surface area contributed by atoms with Gasteiger partial charge in [0.2, 0.25) is 5.28 Å². The molecule has 1 saturated heterocycles. The molecule has 0 spiro atoms. The molecule has 2 aromatic rings. The Kier molecular flexibility index (Phi) is 6.75. The molecule has 0 unspecified atom stereocenters. The maximum absolute atomic E-state index is 6.04. The highest BCUT2D eigenvalue weighted by Gasteiger charge is 2.18. The van der Waals surface area contributed by atoms with Crippen LogP contribution in [0.3, 0.4) is 0 Å². The highest BCUT2D eigenvalue weighted by molar-refractivity contribution is 7.18. The molecule has 0 amide bonds. The number of rotatable bonds is 2. The second-order valence-electron chi connectivity index (χ2n) is 4.34. The van der Waals surface area contributed by atoms with Gasteiger partial charge in [-0.25, -0.2) is 4.98 Å². The average molecular weight is 356 g/mol. The first-order valence-electron chi connectivity index (χ1n) is 6.19. The highest BCUT2D eigenvalue weighted by Crippen LogP contribution is 2.32. The van der Waals surface area contributed by atoms with Gasteiger partial charge in [0.05, 0.1) is 5.39 Å². The summed E-state index contributed by atoms with van der Waals surface area (Å²) >= 11 is 7.75. The molecule has 1 fully saturated rings. The first-order valence-corrected chi connectivity index (χ1v) is 7.39. The van der Waals surface area contributed by atoms with Crippen molar-refractivity contribution in [3.8, 4) is 0 Å². The lowest BCUT2D eigenvalue weighted by Crippen LogP contribution is -2.44. The first-order chi connectivity index (χ1) is 8.78. The normalized spacial score (nSPS) is 14.8. The van der Waals surface area contributed by atoms with Gasteiger partial charge in [0.1, 0.15) is 10.6 Å². The molecule has 3 rings (SSSR count). The SMILES string of the molecule is CCc1cc2c(N3CCNCC3)nc(Cl)nc2s1.Cl.Cl. The van der Waals surface area contributed by atoms with Crippen molar-refractivity contribution in [1.82, 2.24) is 15.3 Å². The van der Waals surface area contributed by atoms with Gasteiger partial charge in [0, 0.05) is 31.1 Å². The molecule has 0 saturated carbocycles. The number of nitrogens with one attached hydrogen (secondary N) is 1. The number of halogens is 3. The average Bonchev–Trinajstić information content (AvgIpc) is 2.81. The Bertz CT molecular complexity index is 569. The lowest BCUT2D eigenvalue weighted by atomic mass is 10.2. The smallest absolute Gasteiger partial charge is 0.225 e. The van der Waals surface area contributed by atoms with E-state index in [0.29, 0.717) is 5.28 Å². The standard InChI is InChI=1S/C12H15ClN4S.2ClH/c1-2-8-7-9-10(17-5-3-14-4-6-17)15-12(13)16-11(9)18-8;;/h7,14H,2-6H2,1H3;2*1H. The fourth-order valence-electron chi connectivity index (χ4n) is 2.22. The number of aromatic nitrogens is 2. The predicted octanol–water partition coefficient (Wildman–Crippen LogP) is 3.16. The van der Waals surface area contributed by atoms with E-state index in [1.54, 1.807) is 11.3 Å². The Morgan fingerprint density at radius 1 is 1.30 bits per heavy atom. The molecule has 0 bridgehead atoms. The number of anilines is 1. The zero-order valence-electron chi connectivity index (χ0n) is 11.1. The quantitative estimate of drug-likeness (QED) is 0.840. The van der Waals surface area contributed by atoms with Crippen LogP contribution in [-0.2, 0) is 6.42 Å². The van der Waals surface area contributed by atoms with Crippen molar-refractivity contribution in [1.29, 1.82) is 0 Å². The summed E-state index contributed by atoms with van der Waals surface area (Å²) in [5, 5.41) is 4.84. The summed E-state index contributed by atoms with van der Waals surface area (Å²) in [4.78, 5) is 13.4. The number of fused-ring (bicyclic) bond motifs is 1. The third-order valence-electron chi connectivity index (χ3n) is 3.16. The van der Waals surface area contributed by atoms with Crippen LogP contribution in [0.4, 0.5) is 5.82 Å². The molecule has 0 aliphatic carbocycles. The van der Waals surface area contributed by atoms with Crippen molar-refractivity contribution in [2.45, 2.75) is 13.3 Å². The topological polar surface area (TPSA) is 41.0 Å². The van der Waals surface area contributed by atoms with Crippen LogP contribution in [0.25, 0.3) is 10.2 Å². The monoisotopic (exact) mass is 354 g/mol. The van der Waals surface area contributed by atoms with E-state index < -0.39 is 0 Å². The third-order valence-corrected chi connectivity index (χ3v) is 4.50. The van der Waals surface area contributed by atoms with Gasteiger partial charge in [-0.2, -0.15) is 4.98 Å². The second kappa shape index (κ2) is 7.61. The van der Waals surface area contributed by atoms with Crippen LogP contribution in [0, 0.1) is 0 Å². The first kappa shape index (κ1) is 17.7. The van der Waals surface area contributed by atoms with Crippen molar-refractivity contribution in [2.24, 2.45) is 0 Å².